The Morgan fingerprint density at radius 3 is 2.67 bits per heavy atom. The van der Waals surface area contributed by atoms with E-state index >= 15 is 0 Å². The molecule has 98 valence electrons. The molecule has 0 aliphatic heterocycles. The number of nitrogens with zero attached hydrogens (tertiary/aromatic N) is 1. The van der Waals surface area contributed by atoms with Gasteiger partial charge in [-0.2, -0.15) is 0 Å². The fraction of sp³-hybridized carbons (Fsp3) is 0.600. The van der Waals surface area contributed by atoms with Crippen molar-refractivity contribution in [3.05, 3.63) is 24.0 Å². The topological polar surface area (TPSA) is 39.2 Å². The van der Waals surface area contributed by atoms with Crippen LogP contribution in [0.1, 0.15) is 50.0 Å². The molecule has 3 nitrogen and oxygen atoms in total. The monoisotopic (exact) mass is 247 g/mol. The van der Waals surface area contributed by atoms with E-state index in [1.54, 1.807) is 25.4 Å². The largest absolute Gasteiger partial charge is 0.494 e. The van der Waals surface area contributed by atoms with Crippen molar-refractivity contribution in [1.29, 1.82) is 0 Å². The summed E-state index contributed by atoms with van der Waals surface area (Å²) in [6.07, 6.45) is 5.80. The molecular weight excluding hydrogens is 226 g/mol. The summed E-state index contributed by atoms with van der Waals surface area (Å²) in [4.78, 5) is 16.6. The fourth-order valence-corrected chi connectivity index (χ4v) is 2.60. The van der Waals surface area contributed by atoms with Gasteiger partial charge in [-0.3, -0.25) is 4.79 Å². The molecule has 1 aromatic rings. The maximum absolute atomic E-state index is 12.4. The third-order valence-corrected chi connectivity index (χ3v) is 3.93. The second-order valence-electron chi connectivity index (χ2n) is 5.86. The van der Waals surface area contributed by atoms with E-state index in [0.717, 1.165) is 25.7 Å². The van der Waals surface area contributed by atoms with Crippen molar-refractivity contribution in [2.24, 2.45) is 11.3 Å². The second-order valence-corrected chi connectivity index (χ2v) is 5.86. The maximum atomic E-state index is 12.4. The Labute approximate surface area is 109 Å². The average Bonchev–Trinajstić information content (AvgIpc) is 2.38. The van der Waals surface area contributed by atoms with Gasteiger partial charge in [-0.25, -0.2) is 4.98 Å². The van der Waals surface area contributed by atoms with Crippen LogP contribution in [0.3, 0.4) is 0 Å². The summed E-state index contributed by atoms with van der Waals surface area (Å²) >= 11 is 0. The van der Waals surface area contributed by atoms with E-state index < -0.39 is 0 Å². The van der Waals surface area contributed by atoms with Crippen molar-refractivity contribution < 1.29 is 9.53 Å². The van der Waals surface area contributed by atoms with Crippen molar-refractivity contribution in [3.63, 3.8) is 0 Å². The average molecular weight is 247 g/mol. The molecule has 0 spiro atoms. The first-order valence-corrected chi connectivity index (χ1v) is 6.57. The molecule has 1 saturated carbocycles. The Morgan fingerprint density at radius 2 is 2.06 bits per heavy atom. The van der Waals surface area contributed by atoms with Crippen LogP contribution in [0.5, 0.6) is 5.75 Å². The Kier molecular flexibility index (Phi) is 3.69. The van der Waals surface area contributed by atoms with Crippen LogP contribution in [0.15, 0.2) is 18.3 Å². The molecule has 0 atom stereocenters. The molecule has 0 unspecified atom stereocenters. The second kappa shape index (κ2) is 5.09. The van der Waals surface area contributed by atoms with Gasteiger partial charge in [0.2, 0.25) is 0 Å². The van der Waals surface area contributed by atoms with Crippen LogP contribution < -0.4 is 4.74 Å². The van der Waals surface area contributed by atoms with Gasteiger partial charge < -0.3 is 4.74 Å². The minimum Gasteiger partial charge on any atom is -0.494 e. The molecule has 0 saturated heterocycles. The quantitative estimate of drug-likeness (QED) is 0.767. The summed E-state index contributed by atoms with van der Waals surface area (Å²) in [6, 6.07) is 3.59. The number of aromatic nitrogens is 1. The number of pyridine rings is 1. The van der Waals surface area contributed by atoms with Gasteiger partial charge in [0.25, 0.3) is 0 Å². The van der Waals surface area contributed by atoms with Gasteiger partial charge >= 0.3 is 0 Å². The van der Waals surface area contributed by atoms with Crippen LogP contribution in [-0.4, -0.2) is 17.9 Å². The molecule has 1 heterocycles. The molecule has 1 aromatic heterocycles. The summed E-state index contributed by atoms with van der Waals surface area (Å²) in [7, 11) is 1.58. The number of Topliss-reactive ketones (excluding diaryl/α,β-unsaturated/α-hetero) is 1. The first-order chi connectivity index (χ1) is 8.53. The van der Waals surface area contributed by atoms with Crippen LogP contribution in [0.25, 0.3) is 0 Å². The highest BCUT2D eigenvalue weighted by atomic mass is 16.5. The van der Waals surface area contributed by atoms with Crippen molar-refractivity contribution in [3.8, 4) is 5.75 Å². The van der Waals surface area contributed by atoms with Crippen LogP contribution in [0.2, 0.25) is 0 Å². The lowest BCUT2D eigenvalue weighted by molar-refractivity contribution is 0.0829. The Morgan fingerprint density at radius 1 is 1.39 bits per heavy atom. The zero-order chi connectivity index (χ0) is 13.2. The van der Waals surface area contributed by atoms with Gasteiger partial charge in [0, 0.05) is 12.1 Å². The van der Waals surface area contributed by atoms with E-state index in [2.05, 4.69) is 18.8 Å². The maximum Gasteiger partial charge on any atom is 0.188 e. The number of ether oxygens (including phenoxy) is 1. The molecule has 1 aliphatic rings. The van der Waals surface area contributed by atoms with Crippen molar-refractivity contribution in [2.75, 3.05) is 7.11 Å². The molecule has 0 radical (unpaired) electrons. The Hall–Kier alpha value is -1.38. The van der Waals surface area contributed by atoms with Crippen LogP contribution >= 0.6 is 0 Å². The minimum absolute atomic E-state index is 0.113. The Bertz CT molecular complexity index is 430. The fourth-order valence-electron chi connectivity index (χ4n) is 2.60. The summed E-state index contributed by atoms with van der Waals surface area (Å²) in [6.45, 7) is 4.55. The standard InChI is InChI=1S/C15H21NO2/c1-15(2)8-6-11(7-9-15)14(17)13-12(18-3)5-4-10-16-13/h4-5,10-11H,6-9H2,1-3H3. The highest BCUT2D eigenvalue weighted by molar-refractivity contribution is 5.98. The van der Waals surface area contributed by atoms with Gasteiger partial charge in [0.15, 0.2) is 5.78 Å². The third kappa shape index (κ3) is 2.71. The number of ketones is 1. The van der Waals surface area contributed by atoms with E-state index in [1.165, 1.54) is 0 Å². The van der Waals surface area contributed by atoms with Gasteiger partial charge in [-0.15, -0.1) is 0 Å². The van der Waals surface area contributed by atoms with E-state index in [1.807, 2.05) is 0 Å². The zero-order valence-electron chi connectivity index (χ0n) is 11.4. The summed E-state index contributed by atoms with van der Waals surface area (Å²) in [5, 5.41) is 0. The lowest BCUT2D eigenvalue weighted by Gasteiger charge is -2.33. The smallest absolute Gasteiger partial charge is 0.188 e. The van der Waals surface area contributed by atoms with E-state index in [-0.39, 0.29) is 11.7 Å². The molecule has 0 N–H and O–H groups in total. The number of hydrogen-bond donors (Lipinski definition) is 0. The van der Waals surface area contributed by atoms with Crippen LogP contribution in [0, 0.1) is 11.3 Å². The molecule has 3 heteroatoms. The van der Waals surface area contributed by atoms with E-state index in [0.29, 0.717) is 16.9 Å². The van der Waals surface area contributed by atoms with Gasteiger partial charge in [-0.1, -0.05) is 13.8 Å². The molecule has 0 amide bonds. The molecule has 0 aromatic carbocycles. The van der Waals surface area contributed by atoms with E-state index in [9.17, 15) is 4.79 Å². The van der Waals surface area contributed by atoms with Crippen LogP contribution in [0.4, 0.5) is 0 Å². The molecular formula is C15H21NO2. The highest BCUT2D eigenvalue weighted by Gasteiger charge is 2.32. The number of carbonyl (C=O) groups is 1. The predicted octanol–water partition coefficient (Wildman–Crippen LogP) is 3.49. The summed E-state index contributed by atoms with van der Waals surface area (Å²) < 4.78 is 5.21. The van der Waals surface area contributed by atoms with Crippen molar-refractivity contribution in [1.82, 2.24) is 4.98 Å². The van der Waals surface area contributed by atoms with Gasteiger partial charge in [0.05, 0.1) is 7.11 Å². The minimum atomic E-state index is 0.113. The number of carbonyl (C=O) groups excluding carboxylic acids is 1. The number of methoxy groups -OCH3 is 1. The SMILES string of the molecule is COc1cccnc1C(=O)C1CCC(C)(C)CC1. The first-order valence-electron chi connectivity index (χ1n) is 6.57. The third-order valence-electron chi connectivity index (χ3n) is 3.93. The molecule has 0 bridgehead atoms. The Balaban J connectivity index is 2.13. The molecule has 2 rings (SSSR count). The zero-order valence-corrected chi connectivity index (χ0v) is 11.4. The number of hydrogen-bond acceptors (Lipinski definition) is 3. The van der Waals surface area contributed by atoms with Gasteiger partial charge in [-0.05, 0) is 43.2 Å². The summed E-state index contributed by atoms with van der Waals surface area (Å²) in [5.41, 5.74) is 0.870. The molecule has 1 fully saturated rings. The summed E-state index contributed by atoms with van der Waals surface area (Å²) in [5.74, 6) is 0.845. The lowest BCUT2D eigenvalue weighted by Crippen LogP contribution is -2.27. The predicted molar refractivity (Wildman–Crippen MR) is 70.9 cm³/mol. The first kappa shape index (κ1) is 13.1. The molecule has 18 heavy (non-hydrogen) atoms. The lowest BCUT2D eigenvalue weighted by atomic mass is 9.71. The van der Waals surface area contributed by atoms with Crippen molar-refractivity contribution in [2.45, 2.75) is 39.5 Å². The van der Waals surface area contributed by atoms with Crippen molar-refractivity contribution >= 4 is 5.78 Å². The molecule has 1 aliphatic carbocycles. The van der Waals surface area contributed by atoms with E-state index in [4.69, 9.17) is 4.74 Å². The normalized spacial score (nSPS) is 19.5. The highest BCUT2D eigenvalue weighted by Crippen LogP contribution is 2.39. The number of rotatable bonds is 3. The van der Waals surface area contributed by atoms with Gasteiger partial charge in [0.1, 0.15) is 11.4 Å². The van der Waals surface area contributed by atoms with Crippen LogP contribution in [-0.2, 0) is 0 Å².